The molecule has 1 aliphatic heterocycles. The van der Waals surface area contributed by atoms with Crippen LogP contribution in [0.15, 0.2) is 84.1 Å². The quantitative estimate of drug-likeness (QED) is 0.429. The third kappa shape index (κ3) is 4.00. The van der Waals surface area contributed by atoms with E-state index >= 15 is 0 Å². The highest BCUT2D eigenvalue weighted by Crippen LogP contribution is 2.24. The van der Waals surface area contributed by atoms with Crippen LogP contribution >= 0.6 is 11.8 Å². The molecule has 1 saturated heterocycles. The number of para-hydroxylation sites is 1. The molecule has 0 unspecified atom stereocenters. The van der Waals surface area contributed by atoms with Crippen LogP contribution < -0.4 is 0 Å². The molecule has 6 nitrogen and oxygen atoms in total. The monoisotopic (exact) mass is 456 g/mol. The van der Waals surface area contributed by atoms with Crippen LogP contribution in [0.25, 0.3) is 16.5 Å². The zero-order chi connectivity index (χ0) is 22.8. The van der Waals surface area contributed by atoms with Gasteiger partial charge in [0.1, 0.15) is 5.69 Å². The molecule has 1 aromatic heterocycles. The SMILES string of the molecule is CSc1ncc(C(=O)N2CCN(C(=O)c3cccc4ccccc34)CC2)n1-c1ccccc1. The summed E-state index contributed by atoms with van der Waals surface area (Å²) in [4.78, 5) is 34.8. The number of nitrogens with zero attached hydrogens (tertiary/aromatic N) is 4. The molecule has 3 aromatic carbocycles. The van der Waals surface area contributed by atoms with Crippen molar-refractivity contribution in [3.63, 3.8) is 0 Å². The van der Waals surface area contributed by atoms with E-state index in [4.69, 9.17) is 0 Å². The maximum atomic E-state index is 13.4. The molecule has 0 saturated carbocycles. The fourth-order valence-corrected chi connectivity index (χ4v) is 4.86. The molecule has 1 aliphatic rings. The Bertz CT molecular complexity index is 1310. The van der Waals surface area contributed by atoms with E-state index in [1.54, 1.807) is 6.20 Å². The van der Waals surface area contributed by atoms with Gasteiger partial charge in [0.05, 0.1) is 6.20 Å². The van der Waals surface area contributed by atoms with E-state index in [-0.39, 0.29) is 11.8 Å². The second kappa shape index (κ2) is 9.11. The molecular weight excluding hydrogens is 432 g/mol. The molecule has 4 aromatic rings. The first-order valence-electron chi connectivity index (χ1n) is 10.9. The minimum atomic E-state index is -0.0658. The number of hydrogen-bond acceptors (Lipinski definition) is 4. The number of carbonyl (C=O) groups is 2. The van der Waals surface area contributed by atoms with Crippen LogP contribution in [-0.4, -0.2) is 63.6 Å². The Morgan fingerprint density at radius 3 is 2.15 bits per heavy atom. The summed E-state index contributed by atoms with van der Waals surface area (Å²) in [7, 11) is 0. The number of imidazole rings is 1. The van der Waals surface area contributed by atoms with Crippen LogP contribution in [0.3, 0.4) is 0 Å². The standard InChI is InChI=1S/C26H24N4O2S/c1-33-26-27-18-23(30(26)20-10-3-2-4-11-20)25(32)29-16-14-28(15-17-29)24(31)22-13-7-9-19-8-5-6-12-21(19)22/h2-13,18H,14-17H2,1H3. The van der Waals surface area contributed by atoms with E-state index in [2.05, 4.69) is 4.98 Å². The average molecular weight is 457 g/mol. The summed E-state index contributed by atoms with van der Waals surface area (Å²) in [5.41, 5.74) is 2.16. The van der Waals surface area contributed by atoms with Gasteiger partial charge in [0, 0.05) is 37.4 Å². The summed E-state index contributed by atoms with van der Waals surface area (Å²) in [6.07, 6.45) is 3.60. The number of fused-ring (bicyclic) bond motifs is 1. The number of thioether (sulfide) groups is 1. The van der Waals surface area contributed by atoms with Crippen molar-refractivity contribution >= 4 is 34.3 Å². The molecule has 2 amide bonds. The molecule has 0 bridgehead atoms. The summed E-state index contributed by atoms with van der Waals surface area (Å²) >= 11 is 1.51. The molecule has 0 atom stereocenters. The maximum Gasteiger partial charge on any atom is 0.272 e. The fraction of sp³-hybridized carbons (Fsp3) is 0.192. The highest BCUT2D eigenvalue weighted by molar-refractivity contribution is 7.98. The lowest BCUT2D eigenvalue weighted by atomic mass is 10.0. The van der Waals surface area contributed by atoms with Gasteiger partial charge in [-0.15, -0.1) is 0 Å². The molecular formula is C26H24N4O2S. The molecule has 0 N–H and O–H groups in total. The maximum absolute atomic E-state index is 13.4. The molecule has 0 radical (unpaired) electrons. The Morgan fingerprint density at radius 1 is 0.788 bits per heavy atom. The second-order valence-electron chi connectivity index (χ2n) is 7.91. The molecule has 7 heteroatoms. The van der Waals surface area contributed by atoms with E-state index < -0.39 is 0 Å². The van der Waals surface area contributed by atoms with Crippen LogP contribution in [0.5, 0.6) is 0 Å². The molecule has 166 valence electrons. The van der Waals surface area contributed by atoms with E-state index in [1.807, 2.05) is 93.4 Å². The van der Waals surface area contributed by atoms with E-state index in [1.165, 1.54) is 11.8 Å². The van der Waals surface area contributed by atoms with Crippen molar-refractivity contribution in [3.8, 4) is 5.69 Å². The number of carbonyl (C=O) groups excluding carboxylic acids is 2. The smallest absolute Gasteiger partial charge is 0.272 e. The van der Waals surface area contributed by atoms with Gasteiger partial charge < -0.3 is 9.80 Å². The first-order valence-corrected chi connectivity index (χ1v) is 12.1. The van der Waals surface area contributed by atoms with Crippen molar-refractivity contribution in [2.24, 2.45) is 0 Å². The number of amides is 2. The number of rotatable bonds is 4. The summed E-state index contributed by atoms with van der Waals surface area (Å²) in [5.74, 6) is -0.0539. The third-order valence-electron chi connectivity index (χ3n) is 6.02. The molecule has 0 spiro atoms. The Hall–Kier alpha value is -3.58. The highest BCUT2D eigenvalue weighted by Gasteiger charge is 2.28. The minimum Gasteiger partial charge on any atom is -0.335 e. The van der Waals surface area contributed by atoms with Crippen molar-refractivity contribution in [2.45, 2.75) is 5.16 Å². The second-order valence-corrected chi connectivity index (χ2v) is 8.69. The van der Waals surface area contributed by atoms with Gasteiger partial charge in [-0.25, -0.2) is 4.98 Å². The van der Waals surface area contributed by atoms with Crippen molar-refractivity contribution in [3.05, 3.63) is 90.3 Å². The van der Waals surface area contributed by atoms with Crippen LogP contribution in [0.1, 0.15) is 20.8 Å². The van der Waals surface area contributed by atoms with Gasteiger partial charge in [-0.3, -0.25) is 14.2 Å². The van der Waals surface area contributed by atoms with Gasteiger partial charge in [-0.05, 0) is 35.2 Å². The van der Waals surface area contributed by atoms with Crippen LogP contribution in [0.4, 0.5) is 0 Å². The van der Waals surface area contributed by atoms with Crippen molar-refractivity contribution in [1.29, 1.82) is 0 Å². The van der Waals surface area contributed by atoms with Crippen LogP contribution in [0, 0.1) is 0 Å². The van der Waals surface area contributed by atoms with E-state index in [9.17, 15) is 9.59 Å². The van der Waals surface area contributed by atoms with Crippen LogP contribution in [-0.2, 0) is 0 Å². The average Bonchev–Trinajstić information content (AvgIpc) is 3.32. The first-order chi connectivity index (χ1) is 16.2. The Labute approximate surface area is 196 Å². The fourth-order valence-electron chi connectivity index (χ4n) is 4.31. The summed E-state index contributed by atoms with van der Waals surface area (Å²) in [6, 6.07) is 23.5. The highest BCUT2D eigenvalue weighted by atomic mass is 32.2. The number of aromatic nitrogens is 2. The Balaban J connectivity index is 1.33. The summed E-state index contributed by atoms with van der Waals surface area (Å²) in [5, 5.41) is 2.78. The first kappa shape index (κ1) is 21.3. The third-order valence-corrected chi connectivity index (χ3v) is 6.67. The lowest BCUT2D eigenvalue weighted by Gasteiger charge is -2.35. The van der Waals surface area contributed by atoms with Crippen molar-refractivity contribution < 1.29 is 9.59 Å². The summed E-state index contributed by atoms with van der Waals surface area (Å²) < 4.78 is 1.90. The van der Waals surface area contributed by atoms with Crippen molar-refractivity contribution in [2.75, 3.05) is 32.4 Å². The van der Waals surface area contributed by atoms with Crippen LogP contribution in [0.2, 0.25) is 0 Å². The minimum absolute atomic E-state index is 0.0119. The lowest BCUT2D eigenvalue weighted by molar-refractivity contribution is 0.0532. The lowest BCUT2D eigenvalue weighted by Crippen LogP contribution is -2.50. The molecule has 33 heavy (non-hydrogen) atoms. The number of benzene rings is 3. The zero-order valence-corrected chi connectivity index (χ0v) is 19.2. The Morgan fingerprint density at radius 2 is 1.42 bits per heavy atom. The number of hydrogen-bond donors (Lipinski definition) is 0. The predicted octanol–water partition coefficient (Wildman–Crippen LogP) is 4.35. The molecule has 1 fully saturated rings. The van der Waals surface area contributed by atoms with E-state index in [0.29, 0.717) is 37.4 Å². The van der Waals surface area contributed by atoms with Gasteiger partial charge in [0.15, 0.2) is 5.16 Å². The molecule has 2 heterocycles. The normalized spacial score (nSPS) is 14.0. The van der Waals surface area contributed by atoms with Gasteiger partial charge in [-0.1, -0.05) is 66.4 Å². The number of piperazine rings is 1. The Kier molecular flexibility index (Phi) is 5.88. The van der Waals surface area contributed by atoms with Gasteiger partial charge in [0.25, 0.3) is 11.8 Å². The zero-order valence-electron chi connectivity index (χ0n) is 18.3. The molecule has 5 rings (SSSR count). The largest absolute Gasteiger partial charge is 0.335 e. The summed E-state index contributed by atoms with van der Waals surface area (Å²) in [6.45, 7) is 1.99. The van der Waals surface area contributed by atoms with Gasteiger partial charge in [-0.2, -0.15) is 0 Å². The van der Waals surface area contributed by atoms with E-state index in [0.717, 1.165) is 21.6 Å². The molecule has 0 aliphatic carbocycles. The predicted molar refractivity (Wildman–Crippen MR) is 131 cm³/mol. The van der Waals surface area contributed by atoms with Gasteiger partial charge in [0.2, 0.25) is 0 Å². The topological polar surface area (TPSA) is 58.4 Å². The van der Waals surface area contributed by atoms with Gasteiger partial charge >= 0.3 is 0 Å². The van der Waals surface area contributed by atoms with Crippen molar-refractivity contribution in [1.82, 2.24) is 19.4 Å².